The number of hydrogen-bond donors (Lipinski definition) is 0. The smallest absolute Gasteiger partial charge is 0.133 e. The highest BCUT2D eigenvalue weighted by molar-refractivity contribution is 5.83. The van der Waals surface area contributed by atoms with Gasteiger partial charge in [0.25, 0.3) is 0 Å². The maximum absolute atomic E-state index is 10.7. The molecule has 0 atom stereocenters. The summed E-state index contributed by atoms with van der Waals surface area (Å²) in [7, 11) is 1.59. The van der Waals surface area contributed by atoms with Crippen LogP contribution in [-0.2, 0) is 16.0 Å². The third-order valence-electron chi connectivity index (χ3n) is 2.28. The topological polar surface area (TPSA) is 43.4 Å². The summed E-state index contributed by atoms with van der Waals surface area (Å²) in [6.45, 7) is 1.62. The Hall–Kier alpha value is -1.64. The normalized spacial score (nSPS) is 10.8. The summed E-state index contributed by atoms with van der Waals surface area (Å²) in [4.78, 5) is 21.5. The number of aldehydes is 2. The van der Waals surface area contributed by atoms with Crippen LogP contribution >= 0.6 is 0 Å². The number of benzene rings is 1. The maximum atomic E-state index is 10.7. The second-order valence-corrected chi connectivity index (χ2v) is 3.77. The van der Waals surface area contributed by atoms with E-state index >= 15 is 0 Å². The molecular formula is C12H14O3. The summed E-state index contributed by atoms with van der Waals surface area (Å²) in [6.07, 6.45) is 1.79. The van der Waals surface area contributed by atoms with Crippen LogP contribution in [0.25, 0.3) is 0 Å². The molecule has 0 aliphatic carbocycles. The van der Waals surface area contributed by atoms with E-state index in [1.165, 1.54) is 0 Å². The van der Waals surface area contributed by atoms with Crippen molar-refractivity contribution in [2.75, 3.05) is 7.11 Å². The second kappa shape index (κ2) is 4.73. The lowest BCUT2D eigenvalue weighted by Gasteiger charge is -2.14. The largest absolute Gasteiger partial charge is 0.497 e. The van der Waals surface area contributed by atoms with Gasteiger partial charge in [0, 0.05) is 0 Å². The molecule has 1 aromatic rings. The summed E-state index contributed by atoms with van der Waals surface area (Å²) in [5.74, 6) is 0.762. The van der Waals surface area contributed by atoms with E-state index in [1.54, 1.807) is 14.0 Å². The minimum absolute atomic E-state index is 0.421. The SMILES string of the molecule is COc1ccc(CC(C)(C=O)C=O)cc1. The van der Waals surface area contributed by atoms with Crippen LogP contribution in [0.1, 0.15) is 12.5 Å². The van der Waals surface area contributed by atoms with Crippen LogP contribution in [0.5, 0.6) is 5.75 Å². The lowest BCUT2D eigenvalue weighted by molar-refractivity contribution is -0.125. The van der Waals surface area contributed by atoms with Crippen LogP contribution < -0.4 is 4.74 Å². The van der Waals surface area contributed by atoms with E-state index in [-0.39, 0.29) is 0 Å². The van der Waals surface area contributed by atoms with E-state index in [9.17, 15) is 9.59 Å². The number of carbonyl (C=O) groups excluding carboxylic acids is 2. The average molecular weight is 206 g/mol. The molecule has 0 heterocycles. The summed E-state index contributed by atoms with van der Waals surface area (Å²) in [5.41, 5.74) is 0.0201. The Labute approximate surface area is 89.1 Å². The molecule has 0 unspecified atom stereocenters. The van der Waals surface area contributed by atoms with Gasteiger partial charge in [-0.05, 0) is 31.0 Å². The molecule has 0 radical (unpaired) electrons. The maximum Gasteiger partial charge on any atom is 0.133 e. The van der Waals surface area contributed by atoms with Crippen molar-refractivity contribution in [3.8, 4) is 5.75 Å². The molecule has 3 nitrogen and oxygen atoms in total. The fraction of sp³-hybridized carbons (Fsp3) is 0.333. The lowest BCUT2D eigenvalue weighted by atomic mass is 9.87. The van der Waals surface area contributed by atoms with Gasteiger partial charge in [-0.2, -0.15) is 0 Å². The second-order valence-electron chi connectivity index (χ2n) is 3.77. The molecule has 15 heavy (non-hydrogen) atoms. The summed E-state index contributed by atoms with van der Waals surface area (Å²) < 4.78 is 5.01. The molecule has 1 rings (SSSR count). The Morgan fingerprint density at radius 2 is 1.73 bits per heavy atom. The van der Waals surface area contributed by atoms with Gasteiger partial charge < -0.3 is 14.3 Å². The van der Waals surface area contributed by atoms with E-state index in [0.717, 1.165) is 11.3 Å². The molecule has 0 N–H and O–H groups in total. The Balaban J connectivity index is 2.80. The van der Waals surface area contributed by atoms with Gasteiger partial charge in [0.05, 0.1) is 12.5 Å². The lowest BCUT2D eigenvalue weighted by Crippen LogP contribution is -2.22. The molecule has 1 aromatic carbocycles. The van der Waals surface area contributed by atoms with Crippen molar-refractivity contribution in [3.05, 3.63) is 29.8 Å². The minimum Gasteiger partial charge on any atom is -0.497 e. The van der Waals surface area contributed by atoms with Crippen molar-refractivity contribution < 1.29 is 14.3 Å². The third kappa shape index (κ3) is 2.91. The first kappa shape index (κ1) is 11.4. The molecule has 0 aromatic heterocycles. The van der Waals surface area contributed by atoms with Crippen LogP contribution in [0.2, 0.25) is 0 Å². The minimum atomic E-state index is -0.922. The van der Waals surface area contributed by atoms with E-state index in [2.05, 4.69) is 0 Å². The Morgan fingerprint density at radius 3 is 2.13 bits per heavy atom. The molecule has 0 aliphatic heterocycles. The Morgan fingerprint density at radius 1 is 1.20 bits per heavy atom. The predicted octanol–water partition coefficient (Wildman–Crippen LogP) is 1.64. The van der Waals surface area contributed by atoms with Crippen LogP contribution in [-0.4, -0.2) is 19.7 Å². The van der Waals surface area contributed by atoms with Gasteiger partial charge >= 0.3 is 0 Å². The van der Waals surface area contributed by atoms with Gasteiger partial charge in [0.2, 0.25) is 0 Å². The van der Waals surface area contributed by atoms with E-state index < -0.39 is 5.41 Å². The molecule has 0 spiro atoms. The summed E-state index contributed by atoms with van der Waals surface area (Å²) in [6, 6.07) is 7.32. The van der Waals surface area contributed by atoms with Crippen molar-refractivity contribution in [1.29, 1.82) is 0 Å². The fourth-order valence-electron chi connectivity index (χ4n) is 1.29. The molecule has 0 fully saturated rings. The highest BCUT2D eigenvalue weighted by Gasteiger charge is 2.22. The van der Waals surface area contributed by atoms with Crippen molar-refractivity contribution in [2.45, 2.75) is 13.3 Å². The third-order valence-corrected chi connectivity index (χ3v) is 2.28. The number of ether oxygens (including phenoxy) is 1. The predicted molar refractivity (Wildman–Crippen MR) is 56.9 cm³/mol. The van der Waals surface area contributed by atoms with E-state index in [4.69, 9.17) is 4.74 Å². The summed E-state index contributed by atoms with van der Waals surface area (Å²) in [5, 5.41) is 0. The quantitative estimate of drug-likeness (QED) is 0.543. The first-order valence-corrected chi connectivity index (χ1v) is 4.69. The standard InChI is InChI=1S/C12H14O3/c1-12(8-13,9-14)7-10-3-5-11(15-2)6-4-10/h3-6,8-9H,7H2,1-2H3. The van der Waals surface area contributed by atoms with Gasteiger partial charge in [0.1, 0.15) is 18.3 Å². The van der Waals surface area contributed by atoms with Crippen molar-refractivity contribution in [2.24, 2.45) is 5.41 Å². The zero-order valence-electron chi connectivity index (χ0n) is 8.90. The first-order chi connectivity index (χ1) is 7.13. The van der Waals surface area contributed by atoms with Crippen LogP contribution in [0, 0.1) is 5.41 Å². The Kier molecular flexibility index (Phi) is 3.61. The molecule has 0 saturated carbocycles. The Bertz CT molecular complexity index is 332. The summed E-state index contributed by atoms with van der Waals surface area (Å²) >= 11 is 0. The van der Waals surface area contributed by atoms with Crippen LogP contribution in [0.4, 0.5) is 0 Å². The molecule has 3 heteroatoms. The molecule has 0 bridgehead atoms. The van der Waals surface area contributed by atoms with Crippen molar-refractivity contribution >= 4 is 12.6 Å². The van der Waals surface area contributed by atoms with Gasteiger partial charge in [-0.25, -0.2) is 0 Å². The number of rotatable bonds is 5. The van der Waals surface area contributed by atoms with Crippen LogP contribution in [0.15, 0.2) is 24.3 Å². The van der Waals surface area contributed by atoms with Crippen molar-refractivity contribution in [3.63, 3.8) is 0 Å². The van der Waals surface area contributed by atoms with Gasteiger partial charge in [-0.3, -0.25) is 0 Å². The van der Waals surface area contributed by atoms with E-state index in [1.807, 2.05) is 24.3 Å². The van der Waals surface area contributed by atoms with Crippen LogP contribution in [0.3, 0.4) is 0 Å². The molecular weight excluding hydrogens is 192 g/mol. The fourth-order valence-corrected chi connectivity index (χ4v) is 1.29. The molecule has 80 valence electrons. The monoisotopic (exact) mass is 206 g/mol. The highest BCUT2D eigenvalue weighted by atomic mass is 16.5. The molecule has 0 saturated heterocycles. The van der Waals surface area contributed by atoms with Crippen molar-refractivity contribution in [1.82, 2.24) is 0 Å². The highest BCUT2D eigenvalue weighted by Crippen LogP contribution is 2.19. The first-order valence-electron chi connectivity index (χ1n) is 4.69. The van der Waals surface area contributed by atoms with Gasteiger partial charge in [-0.1, -0.05) is 12.1 Å². The molecule has 0 aliphatic rings. The van der Waals surface area contributed by atoms with E-state index in [0.29, 0.717) is 19.0 Å². The number of carbonyl (C=O) groups is 2. The van der Waals surface area contributed by atoms with Gasteiger partial charge in [0.15, 0.2) is 0 Å². The molecule has 0 amide bonds. The zero-order valence-corrected chi connectivity index (χ0v) is 8.90. The number of hydrogen-bond acceptors (Lipinski definition) is 3. The number of methoxy groups -OCH3 is 1. The zero-order chi connectivity index (χ0) is 11.3. The average Bonchev–Trinajstić information content (AvgIpc) is 2.30. The van der Waals surface area contributed by atoms with Gasteiger partial charge in [-0.15, -0.1) is 0 Å².